The Morgan fingerprint density at radius 1 is 1.46 bits per heavy atom. The molecule has 0 saturated heterocycles. The van der Waals surface area contributed by atoms with Crippen molar-refractivity contribution >= 4 is 12.6 Å². The molecule has 0 atom stereocenters. The van der Waals surface area contributed by atoms with E-state index in [0.717, 1.165) is 17.2 Å². The van der Waals surface area contributed by atoms with Crippen molar-refractivity contribution in [2.75, 3.05) is 12.9 Å². The van der Waals surface area contributed by atoms with Gasteiger partial charge < -0.3 is 4.74 Å². The van der Waals surface area contributed by atoms with E-state index in [4.69, 9.17) is 4.74 Å². The van der Waals surface area contributed by atoms with E-state index in [1.807, 2.05) is 12.1 Å². The highest BCUT2D eigenvalue weighted by Crippen LogP contribution is 2.23. The highest BCUT2D eigenvalue weighted by Gasteiger charge is 2.19. The van der Waals surface area contributed by atoms with Gasteiger partial charge in [0.1, 0.15) is 5.75 Å². The van der Waals surface area contributed by atoms with Crippen LogP contribution < -0.4 is 4.74 Å². The maximum Gasteiger partial charge on any atom is 0.137 e. The summed E-state index contributed by atoms with van der Waals surface area (Å²) < 4.78 is 5.03. The molecule has 13 heavy (non-hydrogen) atoms. The first-order valence-corrected chi connectivity index (χ1v) is 4.85. The zero-order chi connectivity index (χ0) is 9.90. The summed E-state index contributed by atoms with van der Waals surface area (Å²) in [6, 6.07) is 3.91. The van der Waals surface area contributed by atoms with Crippen LogP contribution in [0.2, 0.25) is 0 Å². The normalized spacial score (nSPS) is 11.4. The van der Waals surface area contributed by atoms with Gasteiger partial charge in [0.05, 0.1) is 13.3 Å². The molecule has 0 aliphatic heterocycles. The predicted octanol–water partition coefficient (Wildman–Crippen LogP) is 2.30. The van der Waals surface area contributed by atoms with E-state index in [0.29, 0.717) is 0 Å². The molecule has 72 valence electrons. The minimum absolute atomic E-state index is 0.0232. The van der Waals surface area contributed by atoms with E-state index < -0.39 is 0 Å². The average Bonchev–Trinajstić information content (AvgIpc) is 2.18. The highest BCUT2D eigenvalue weighted by molar-refractivity contribution is 7.80. The molecule has 1 rings (SSSR count). The molecule has 0 aliphatic rings. The Bertz CT molecular complexity index is 269. The van der Waals surface area contributed by atoms with Crippen LogP contribution in [0.5, 0.6) is 5.75 Å². The summed E-state index contributed by atoms with van der Waals surface area (Å²) in [5.41, 5.74) is 1.07. The van der Waals surface area contributed by atoms with Crippen LogP contribution in [0.25, 0.3) is 0 Å². The van der Waals surface area contributed by atoms with Gasteiger partial charge in [0, 0.05) is 16.9 Å². The Hall–Kier alpha value is -0.700. The van der Waals surface area contributed by atoms with Gasteiger partial charge in [-0.3, -0.25) is 4.98 Å². The summed E-state index contributed by atoms with van der Waals surface area (Å²) in [6.45, 7) is 4.24. The van der Waals surface area contributed by atoms with Crippen LogP contribution in [0, 0.1) is 0 Å². The van der Waals surface area contributed by atoms with Gasteiger partial charge in [-0.2, -0.15) is 12.6 Å². The van der Waals surface area contributed by atoms with Crippen molar-refractivity contribution in [3.8, 4) is 5.75 Å². The number of nitrogens with zero attached hydrogens (tertiary/aromatic N) is 1. The third-order valence-electron chi connectivity index (χ3n) is 2.06. The van der Waals surface area contributed by atoms with Crippen LogP contribution in [0.3, 0.4) is 0 Å². The number of thiol groups is 1. The van der Waals surface area contributed by atoms with E-state index in [2.05, 4.69) is 31.5 Å². The lowest BCUT2D eigenvalue weighted by Gasteiger charge is -2.21. The minimum atomic E-state index is 0.0232. The summed E-state index contributed by atoms with van der Waals surface area (Å²) in [7, 11) is 1.64. The molecular weight excluding hydrogens is 182 g/mol. The van der Waals surface area contributed by atoms with Gasteiger partial charge in [0.25, 0.3) is 0 Å². The van der Waals surface area contributed by atoms with Crippen LogP contribution >= 0.6 is 12.6 Å². The van der Waals surface area contributed by atoms with Crippen molar-refractivity contribution < 1.29 is 4.74 Å². The van der Waals surface area contributed by atoms with Gasteiger partial charge in [-0.15, -0.1) is 0 Å². The first kappa shape index (κ1) is 10.4. The second-order valence-electron chi connectivity index (χ2n) is 3.63. The summed E-state index contributed by atoms with van der Waals surface area (Å²) in [5.74, 6) is 1.57. The van der Waals surface area contributed by atoms with Crippen LogP contribution in [0.15, 0.2) is 18.3 Å². The number of rotatable bonds is 3. The predicted molar refractivity (Wildman–Crippen MR) is 57.7 cm³/mol. The van der Waals surface area contributed by atoms with E-state index in [-0.39, 0.29) is 5.41 Å². The van der Waals surface area contributed by atoms with Crippen LogP contribution in [0.4, 0.5) is 0 Å². The van der Waals surface area contributed by atoms with Crippen molar-refractivity contribution in [1.82, 2.24) is 4.98 Å². The quantitative estimate of drug-likeness (QED) is 0.751. The maximum absolute atomic E-state index is 5.03. The highest BCUT2D eigenvalue weighted by atomic mass is 32.1. The van der Waals surface area contributed by atoms with E-state index in [1.165, 1.54) is 0 Å². The maximum atomic E-state index is 5.03. The first-order chi connectivity index (χ1) is 6.10. The lowest BCUT2D eigenvalue weighted by atomic mass is 9.91. The standard InChI is InChI=1S/C10H15NOS/c1-10(2,7-13)9-5-4-8(12-3)6-11-9/h4-6,13H,7H2,1-3H3. The minimum Gasteiger partial charge on any atom is -0.495 e. The van der Waals surface area contributed by atoms with Crippen molar-refractivity contribution in [3.63, 3.8) is 0 Å². The fourth-order valence-corrected chi connectivity index (χ4v) is 1.14. The van der Waals surface area contributed by atoms with Crippen molar-refractivity contribution in [1.29, 1.82) is 0 Å². The SMILES string of the molecule is COc1ccc(C(C)(C)CS)nc1. The second kappa shape index (κ2) is 4.01. The fourth-order valence-electron chi connectivity index (χ4n) is 0.982. The molecule has 0 radical (unpaired) electrons. The number of ether oxygens (including phenoxy) is 1. The van der Waals surface area contributed by atoms with Crippen LogP contribution in [-0.4, -0.2) is 17.8 Å². The Morgan fingerprint density at radius 3 is 2.54 bits per heavy atom. The Balaban J connectivity index is 2.92. The molecule has 0 spiro atoms. The van der Waals surface area contributed by atoms with Gasteiger partial charge in [-0.05, 0) is 12.1 Å². The van der Waals surface area contributed by atoms with Crippen LogP contribution in [0.1, 0.15) is 19.5 Å². The molecule has 1 heterocycles. The number of methoxy groups -OCH3 is 1. The van der Waals surface area contributed by atoms with Gasteiger partial charge in [-0.25, -0.2) is 0 Å². The molecule has 3 heteroatoms. The van der Waals surface area contributed by atoms with E-state index in [1.54, 1.807) is 13.3 Å². The summed E-state index contributed by atoms with van der Waals surface area (Å²) in [6.07, 6.45) is 1.74. The van der Waals surface area contributed by atoms with Crippen molar-refractivity contribution in [3.05, 3.63) is 24.0 Å². The van der Waals surface area contributed by atoms with Crippen molar-refractivity contribution in [2.24, 2.45) is 0 Å². The summed E-state index contributed by atoms with van der Waals surface area (Å²) >= 11 is 4.29. The smallest absolute Gasteiger partial charge is 0.137 e. The Labute approximate surface area is 84.7 Å². The second-order valence-corrected chi connectivity index (χ2v) is 3.94. The Morgan fingerprint density at radius 2 is 2.15 bits per heavy atom. The number of hydrogen-bond acceptors (Lipinski definition) is 3. The molecule has 0 bridgehead atoms. The number of pyridine rings is 1. The fraction of sp³-hybridized carbons (Fsp3) is 0.500. The topological polar surface area (TPSA) is 22.1 Å². The lowest BCUT2D eigenvalue weighted by molar-refractivity contribution is 0.411. The molecule has 0 fully saturated rings. The molecule has 0 N–H and O–H groups in total. The molecular formula is C10H15NOS. The third kappa shape index (κ3) is 2.37. The molecule has 2 nitrogen and oxygen atoms in total. The monoisotopic (exact) mass is 197 g/mol. The largest absolute Gasteiger partial charge is 0.495 e. The molecule has 1 aromatic rings. The zero-order valence-electron chi connectivity index (χ0n) is 8.24. The Kier molecular flexibility index (Phi) is 3.20. The lowest BCUT2D eigenvalue weighted by Crippen LogP contribution is -2.20. The number of aromatic nitrogens is 1. The van der Waals surface area contributed by atoms with Gasteiger partial charge in [0.15, 0.2) is 0 Å². The zero-order valence-corrected chi connectivity index (χ0v) is 9.14. The van der Waals surface area contributed by atoms with Gasteiger partial charge >= 0.3 is 0 Å². The molecule has 0 saturated carbocycles. The molecule has 1 aromatic heterocycles. The first-order valence-electron chi connectivity index (χ1n) is 4.21. The molecule has 0 aliphatic carbocycles. The molecule has 0 amide bonds. The van der Waals surface area contributed by atoms with Crippen molar-refractivity contribution in [2.45, 2.75) is 19.3 Å². The molecule has 0 unspecified atom stereocenters. The number of hydrogen-bond donors (Lipinski definition) is 1. The molecule has 0 aromatic carbocycles. The van der Waals surface area contributed by atoms with Crippen LogP contribution in [-0.2, 0) is 5.41 Å². The van der Waals surface area contributed by atoms with E-state index in [9.17, 15) is 0 Å². The summed E-state index contributed by atoms with van der Waals surface area (Å²) in [4.78, 5) is 4.32. The third-order valence-corrected chi connectivity index (χ3v) is 2.85. The van der Waals surface area contributed by atoms with Gasteiger partial charge in [0.2, 0.25) is 0 Å². The van der Waals surface area contributed by atoms with Gasteiger partial charge in [-0.1, -0.05) is 13.8 Å². The van der Waals surface area contributed by atoms with E-state index >= 15 is 0 Å². The summed E-state index contributed by atoms with van der Waals surface area (Å²) in [5, 5.41) is 0. The average molecular weight is 197 g/mol.